The van der Waals surface area contributed by atoms with Gasteiger partial charge in [-0.2, -0.15) is 0 Å². The summed E-state index contributed by atoms with van der Waals surface area (Å²) in [6, 6.07) is 6.70. The van der Waals surface area contributed by atoms with Crippen molar-refractivity contribution >= 4 is 5.97 Å². The number of esters is 1. The van der Waals surface area contributed by atoms with E-state index in [9.17, 15) is 9.90 Å². The predicted octanol–water partition coefficient (Wildman–Crippen LogP) is 1.10. The normalized spacial score (nSPS) is 25.4. The second-order valence-corrected chi connectivity index (χ2v) is 4.83. The SMILES string of the molecule is CCOC(=O)c1ccccc1OC1CC(O)CC(CO)O1. The molecule has 1 aromatic carbocycles. The summed E-state index contributed by atoms with van der Waals surface area (Å²) in [7, 11) is 0. The average molecular weight is 296 g/mol. The van der Waals surface area contributed by atoms with Crippen molar-refractivity contribution < 1.29 is 29.2 Å². The third kappa shape index (κ3) is 4.17. The van der Waals surface area contributed by atoms with Gasteiger partial charge < -0.3 is 24.4 Å². The van der Waals surface area contributed by atoms with Gasteiger partial charge in [0.05, 0.1) is 25.4 Å². The fourth-order valence-electron chi connectivity index (χ4n) is 2.23. The Morgan fingerprint density at radius 2 is 2.14 bits per heavy atom. The highest BCUT2D eigenvalue weighted by Crippen LogP contribution is 2.26. The Labute approximate surface area is 123 Å². The first kappa shape index (κ1) is 15.8. The van der Waals surface area contributed by atoms with Gasteiger partial charge in [-0.25, -0.2) is 4.79 Å². The fraction of sp³-hybridized carbons (Fsp3) is 0.533. The van der Waals surface area contributed by atoms with Crippen LogP contribution in [0.4, 0.5) is 0 Å². The minimum Gasteiger partial charge on any atom is -0.464 e. The lowest BCUT2D eigenvalue weighted by Crippen LogP contribution is -2.40. The number of hydrogen-bond donors (Lipinski definition) is 2. The molecule has 0 bridgehead atoms. The summed E-state index contributed by atoms with van der Waals surface area (Å²) >= 11 is 0. The third-order valence-electron chi connectivity index (χ3n) is 3.19. The Hall–Kier alpha value is -1.63. The molecule has 6 nitrogen and oxygen atoms in total. The van der Waals surface area contributed by atoms with E-state index in [2.05, 4.69) is 0 Å². The average Bonchev–Trinajstić information content (AvgIpc) is 2.47. The van der Waals surface area contributed by atoms with Gasteiger partial charge in [0, 0.05) is 12.8 Å². The summed E-state index contributed by atoms with van der Waals surface area (Å²) in [5.41, 5.74) is 0.309. The van der Waals surface area contributed by atoms with E-state index < -0.39 is 24.5 Å². The molecule has 0 radical (unpaired) electrons. The molecule has 0 amide bonds. The molecule has 0 aliphatic carbocycles. The number of para-hydroxylation sites is 1. The van der Waals surface area contributed by atoms with Gasteiger partial charge in [-0.1, -0.05) is 12.1 Å². The minimum atomic E-state index is -0.707. The molecule has 1 fully saturated rings. The van der Waals surface area contributed by atoms with Crippen LogP contribution in [0.25, 0.3) is 0 Å². The molecule has 1 aromatic rings. The molecule has 116 valence electrons. The first-order chi connectivity index (χ1) is 10.1. The van der Waals surface area contributed by atoms with Crippen molar-refractivity contribution in [3.63, 3.8) is 0 Å². The number of aliphatic hydroxyl groups is 2. The number of carbonyl (C=O) groups is 1. The first-order valence-corrected chi connectivity index (χ1v) is 7.01. The van der Waals surface area contributed by atoms with Gasteiger partial charge in [-0.15, -0.1) is 0 Å². The van der Waals surface area contributed by atoms with Crippen LogP contribution in [0.15, 0.2) is 24.3 Å². The van der Waals surface area contributed by atoms with Crippen molar-refractivity contribution in [1.82, 2.24) is 0 Å². The first-order valence-electron chi connectivity index (χ1n) is 7.01. The van der Waals surface area contributed by atoms with Gasteiger partial charge in [-0.3, -0.25) is 0 Å². The molecule has 1 aliphatic rings. The zero-order chi connectivity index (χ0) is 15.2. The molecule has 3 unspecified atom stereocenters. The summed E-state index contributed by atoms with van der Waals surface area (Å²) in [4.78, 5) is 11.9. The quantitative estimate of drug-likeness (QED) is 0.792. The van der Waals surface area contributed by atoms with Crippen molar-refractivity contribution in [2.45, 2.75) is 38.3 Å². The molecule has 21 heavy (non-hydrogen) atoms. The molecule has 1 saturated heterocycles. The molecule has 1 aliphatic heterocycles. The van der Waals surface area contributed by atoms with Crippen LogP contribution in [0.2, 0.25) is 0 Å². The molecule has 2 rings (SSSR count). The van der Waals surface area contributed by atoms with Crippen LogP contribution in [0, 0.1) is 0 Å². The monoisotopic (exact) mass is 296 g/mol. The zero-order valence-corrected chi connectivity index (χ0v) is 11.9. The molecular weight excluding hydrogens is 276 g/mol. The molecule has 6 heteroatoms. The van der Waals surface area contributed by atoms with E-state index in [1.165, 1.54) is 0 Å². The van der Waals surface area contributed by atoms with Crippen LogP contribution in [-0.2, 0) is 9.47 Å². The number of ether oxygens (including phenoxy) is 3. The zero-order valence-electron chi connectivity index (χ0n) is 11.9. The second-order valence-electron chi connectivity index (χ2n) is 4.83. The summed E-state index contributed by atoms with van der Waals surface area (Å²) in [6.45, 7) is 1.82. The van der Waals surface area contributed by atoms with Crippen molar-refractivity contribution in [3.8, 4) is 5.75 Å². The van der Waals surface area contributed by atoms with Crippen LogP contribution >= 0.6 is 0 Å². The van der Waals surface area contributed by atoms with E-state index in [-0.39, 0.29) is 19.6 Å². The molecule has 0 saturated carbocycles. The van der Waals surface area contributed by atoms with Crippen molar-refractivity contribution in [3.05, 3.63) is 29.8 Å². The van der Waals surface area contributed by atoms with Gasteiger partial charge in [0.25, 0.3) is 0 Å². The Balaban J connectivity index is 2.10. The smallest absolute Gasteiger partial charge is 0.341 e. The maximum atomic E-state index is 11.9. The molecule has 0 aromatic heterocycles. The minimum absolute atomic E-state index is 0.184. The highest BCUT2D eigenvalue weighted by atomic mass is 16.7. The van der Waals surface area contributed by atoms with Crippen molar-refractivity contribution in [1.29, 1.82) is 0 Å². The standard InChI is InChI=1S/C15H20O6/c1-2-19-15(18)12-5-3-4-6-13(12)21-14-8-10(17)7-11(9-16)20-14/h3-6,10-11,14,16-17H,2,7-9H2,1H3. The predicted molar refractivity (Wildman–Crippen MR) is 74.0 cm³/mol. The van der Waals surface area contributed by atoms with E-state index in [0.717, 1.165) is 0 Å². The Morgan fingerprint density at radius 1 is 1.38 bits per heavy atom. The third-order valence-corrected chi connectivity index (χ3v) is 3.19. The largest absolute Gasteiger partial charge is 0.464 e. The number of carbonyl (C=O) groups excluding carboxylic acids is 1. The summed E-state index contributed by atoms with van der Waals surface area (Å²) in [6.07, 6.45) is -1.12. The van der Waals surface area contributed by atoms with Gasteiger partial charge in [0.2, 0.25) is 6.29 Å². The van der Waals surface area contributed by atoms with Crippen LogP contribution in [0.5, 0.6) is 5.75 Å². The van der Waals surface area contributed by atoms with Gasteiger partial charge in [0.1, 0.15) is 11.3 Å². The van der Waals surface area contributed by atoms with Gasteiger partial charge in [0.15, 0.2) is 0 Å². The van der Waals surface area contributed by atoms with Crippen LogP contribution in [0.1, 0.15) is 30.1 Å². The Kier molecular flexibility index (Phi) is 5.55. The summed E-state index contributed by atoms with van der Waals surface area (Å²) in [5, 5.41) is 18.9. The van der Waals surface area contributed by atoms with Crippen molar-refractivity contribution in [2.75, 3.05) is 13.2 Å². The lowest BCUT2D eigenvalue weighted by Gasteiger charge is -2.32. The maximum Gasteiger partial charge on any atom is 0.341 e. The summed E-state index contributed by atoms with van der Waals surface area (Å²) < 4.78 is 16.2. The maximum absolute atomic E-state index is 11.9. The van der Waals surface area contributed by atoms with E-state index in [1.54, 1.807) is 31.2 Å². The lowest BCUT2D eigenvalue weighted by atomic mass is 10.1. The van der Waals surface area contributed by atoms with Gasteiger partial charge in [-0.05, 0) is 19.1 Å². The van der Waals surface area contributed by atoms with Crippen LogP contribution in [-0.4, -0.2) is 47.9 Å². The Bertz CT molecular complexity index is 475. The molecule has 0 spiro atoms. The van der Waals surface area contributed by atoms with Gasteiger partial charge >= 0.3 is 5.97 Å². The number of aliphatic hydroxyl groups excluding tert-OH is 2. The number of hydrogen-bond acceptors (Lipinski definition) is 6. The van der Waals surface area contributed by atoms with Crippen LogP contribution in [0.3, 0.4) is 0 Å². The summed E-state index contributed by atoms with van der Waals surface area (Å²) in [5.74, 6) is -0.130. The lowest BCUT2D eigenvalue weighted by molar-refractivity contribution is -0.184. The second kappa shape index (κ2) is 7.40. The van der Waals surface area contributed by atoms with E-state index >= 15 is 0 Å². The molecule has 3 atom stereocenters. The van der Waals surface area contributed by atoms with E-state index in [4.69, 9.17) is 19.3 Å². The Morgan fingerprint density at radius 3 is 2.86 bits per heavy atom. The van der Waals surface area contributed by atoms with Crippen molar-refractivity contribution in [2.24, 2.45) is 0 Å². The van der Waals surface area contributed by atoms with E-state index in [0.29, 0.717) is 17.7 Å². The van der Waals surface area contributed by atoms with E-state index in [1.807, 2.05) is 0 Å². The highest BCUT2D eigenvalue weighted by Gasteiger charge is 2.30. The van der Waals surface area contributed by atoms with Crippen LogP contribution < -0.4 is 4.74 Å². The molecule has 1 heterocycles. The fourth-order valence-corrected chi connectivity index (χ4v) is 2.23. The number of rotatable bonds is 5. The number of benzene rings is 1. The topological polar surface area (TPSA) is 85.2 Å². The molecule has 2 N–H and O–H groups in total. The highest BCUT2D eigenvalue weighted by molar-refractivity contribution is 5.92. The molecular formula is C15H20O6.